The topological polar surface area (TPSA) is 17.1 Å². The Bertz CT molecular complexity index is 499. The molecule has 16 heavy (non-hydrogen) atoms. The first kappa shape index (κ1) is 11.8. The lowest BCUT2D eigenvalue weighted by Gasteiger charge is -1.99. The van der Waals surface area contributed by atoms with Crippen LogP contribution in [0.1, 0.15) is 27.0 Å². The van der Waals surface area contributed by atoms with Crippen LogP contribution in [-0.4, -0.2) is 5.78 Å². The first-order valence-electron chi connectivity index (χ1n) is 5.04. The summed E-state index contributed by atoms with van der Waals surface area (Å²) in [5, 5.41) is 1.98. The molecule has 0 unspecified atom stereocenters. The Morgan fingerprint density at radius 1 is 1.38 bits per heavy atom. The number of Topliss-reactive ketones (excluding diaryl/α,β-unsaturated/α-hetero) is 1. The van der Waals surface area contributed by atoms with Gasteiger partial charge in [-0.1, -0.05) is 18.5 Å². The van der Waals surface area contributed by atoms with Gasteiger partial charge in [0.25, 0.3) is 0 Å². The number of hydrogen-bond donors (Lipinski definition) is 0. The maximum absolute atomic E-state index is 12.0. The molecule has 0 radical (unpaired) electrons. The summed E-state index contributed by atoms with van der Waals surface area (Å²) >= 11 is 8.84. The minimum absolute atomic E-state index is 0.199. The summed E-state index contributed by atoms with van der Waals surface area (Å²) in [6.45, 7) is 2.07. The van der Waals surface area contributed by atoms with Gasteiger partial charge in [0.05, 0.1) is 9.21 Å². The highest BCUT2D eigenvalue weighted by Crippen LogP contribution is 2.25. The van der Waals surface area contributed by atoms with Gasteiger partial charge in [0.1, 0.15) is 0 Å². The number of hydrogen-bond acceptors (Lipinski definition) is 3. The largest absolute Gasteiger partial charge is 0.293 e. The van der Waals surface area contributed by atoms with Crippen LogP contribution in [0.4, 0.5) is 0 Å². The van der Waals surface area contributed by atoms with E-state index in [1.807, 2.05) is 23.6 Å². The molecule has 4 heteroatoms. The van der Waals surface area contributed by atoms with Crippen LogP contribution in [0.15, 0.2) is 23.6 Å². The molecule has 0 aromatic carbocycles. The zero-order chi connectivity index (χ0) is 11.5. The van der Waals surface area contributed by atoms with Crippen molar-refractivity contribution in [3.8, 4) is 0 Å². The van der Waals surface area contributed by atoms with Crippen LogP contribution >= 0.6 is 34.3 Å². The maximum Gasteiger partial charge on any atom is 0.178 e. The molecule has 0 saturated carbocycles. The second-order valence-corrected chi connectivity index (χ2v) is 6.15. The molecule has 2 heterocycles. The molecule has 84 valence electrons. The van der Waals surface area contributed by atoms with Gasteiger partial charge in [-0.2, -0.15) is 0 Å². The Kier molecular flexibility index (Phi) is 3.79. The Hall–Kier alpha value is -0.640. The Balaban J connectivity index is 2.14. The predicted molar refractivity (Wildman–Crippen MR) is 71.1 cm³/mol. The van der Waals surface area contributed by atoms with Crippen molar-refractivity contribution < 1.29 is 4.79 Å². The second kappa shape index (κ2) is 5.13. The molecular formula is C12H11ClOS2. The fraction of sp³-hybridized carbons (Fsp3) is 0.250. The smallest absolute Gasteiger partial charge is 0.178 e. The monoisotopic (exact) mass is 270 g/mol. The van der Waals surface area contributed by atoms with Crippen molar-refractivity contribution in [3.63, 3.8) is 0 Å². The van der Waals surface area contributed by atoms with Crippen molar-refractivity contribution in [3.05, 3.63) is 43.2 Å². The van der Waals surface area contributed by atoms with Crippen LogP contribution in [-0.2, 0) is 12.8 Å². The summed E-state index contributed by atoms with van der Waals surface area (Å²) in [6.07, 6.45) is 1.38. The second-order valence-electron chi connectivity index (χ2n) is 3.43. The molecule has 0 N–H and O–H groups in total. The molecule has 0 spiro atoms. The van der Waals surface area contributed by atoms with E-state index < -0.39 is 0 Å². The van der Waals surface area contributed by atoms with E-state index >= 15 is 0 Å². The van der Waals surface area contributed by atoms with Crippen molar-refractivity contribution in [1.29, 1.82) is 0 Å². The van der Waals surface area contributed by atoms with Crippen molar-refractivity contribution in [2.45, 2.75) is 19.8 Å². The highest BCUT2D eigenvalue weighted by Gasteiger charge is 2.13. The van der Waals surface area contributed by atoms with Crippen LogP contribution in [0.5, 0.6) is 0 Å². The third kappa shape index (κ3) is 2.54. The number of carbonyl (C=O) groups is 1. The number of rotatable bonds is 4. The molecule has 0 saturated heterocycles. The summed E-state index contributed by atoms with van der Waals surface area (Å²) in [5.74, 6) is 0.199. The minimum Gasteiger partial charge on any atom is -0.293 e. The molecule has 1 nitrogen and oxygen atoms in total. The molecule has 2 aromatic heterocycles. The molecule has 0 atom stereocenters. The molecule has 0 aliphatic carbocycles. The minimum atomic E-state index is 0.199. The molecule has 0 aliphatic heterocycles. The average Bonchev–Trinajstić information content (AvgIpc) is 2.86. The van der Waals surface area contributed by atoms with Crippen molar-refractivity contribution in [1.82, 2.24) is 0 Å². The number of carbonyl (C=O) groups excluding carboxylic acids is 1. The fourth-order valence-electron chi connectivity index (χ4n) is 1.54. The summed E-state index contributed by atoms with van der Waals surface area (Å²) in [7, 11) is 0. The third-order valence-electron chi connectivity index (χ3n) is 2.34. The number of halogens is 1. The van der Waals surface area contributed by atoms with E-state index in [0.29, 0.717) is 6.42 Å². The zero-order valence-corrected chi connectivity index (χ0v) is 11.2. The van der Waals surface area contributed by atoms with E-state index in [0.717, 1.165) is 26.1 Å². The molecule has 2 aromatic rings. The van der Waals surface area contributed by atoms with Crippen molar-refractivity contribution in [2.24, 2.45) is 0 Å². The highest BCUT2D eigenvalue weighted by atomic mass is 35.5. The van der Waals surface area contributed by atoms with E-state index in [-0.39, 0.29) is 5.78 Å². The third-order valence-corrected chi connectivity index (χ3v) is 4.57. The molecule has 0 aliphatic rings. The Labute approximate surface area is 108 Å². The molecule has 2 rings (SSSR count). The van der Waals surface area contributed by atoms with E-state index in [1.54, 1.807) is 0 Å². The average molecular weight is 271 g/mol. The van der Waals surface area contributed by atoms with Gasteiger partial charge in [0.15, 0.2) is 5.78 Å². The van der Waals surface area contributed by atoms with Gasteiger partial charge in [0.2, 0.25) is 0 Å². The lowest BCUT2D eigenvalue weighted by atomic mass is 10.1. The summed E-state index contributed by atoms with van der Waals surface area (Å²) < 4.78 is 0.740. The Morgan fingerprint density at radius 3 is 2.81 bits per heavy atom. The van der Waals surface area contributed by atoms with Gasteiger partial charge in [-0.15, -0.1) is 22.7 Å². The summed E-state index contributed by atoms with van der Waals surface area (Å²) in [5.41, 5.74) is 1.15. The molecular weight excluding hydrogens is 260 g/mol. The first-order chi connectivity index (χ1) is 7.70. The lowest BCUT2D eigenvalue weighted by Crippen LogP contribution is -2.02. The normalized spacial score (nSPS) is 10.6. The van der Waals surface area contributed by atoms with Gasteiger partial charge in [-0.25, -0.2) is 0 Å². The number of aryl methyl sites for hydroxylation is 1. The number of thiophene rings is 2. The lowest BCUT2D eigenvalue weighted by molar-refractivity contribution is 0.0997. The standard InChI is InChI=1S/C12H11ClOS2/c1-2-8-5-6-15-12(8)10(14)7-9-3-4-11(13)16-9/h3-6H,2,7H2,1H3. The summed E-state index contributed by atoms with van der Waals surface area (Å²) in [4.78, 5) is 14.0. The SMILES string of the molecule is CCc1ccsc1C(=O)Cc1ccc(Cl)s1. The van der Waals surface area contributed by atoms with E-state index in [2.05, 4.69) is 6.92 Å². The first-order valence-corrected chi connectivity index (χ1v) is 7.12. The van der Waals surface area contributed by atoms with E-state index in [1.165, 1.54) is 22.7 Å². The highest BCUT2D eigenvalue weighted by molar-refractivity contribution is 7.16. The van der Waals surface area contributed by atoms with Gasteiger partial charge in [0, 0.05) is 11.3 Å². The van der Waals surface area contributed by atoms with E-state index in [4.69, 9.17) is 11.6 Å². The van der Waals surface area contributed by atoms with E-state index in [9.17, 15) is 4.79 Å². The van der Waals surface area contributed by atoms with Gasteiger partial charge >= 0.3 is 0 Å². The fourth-order valence-corrected chi connectivity index (χ4v) is 3.57. The number of ketones is 1. The molecule has 0 bridgehead atoms. The molecule has 0 amide bonds. The zero-order valence-electron chi connectivity index (χ0n) is 8.83. The van der Waals surface area contributed by atoms with Crippen LogP contribution in [0, 0.1) is 0 Å². The van der Waals surface area contributed by atoms with Gasteiger partial charge in [-0.3, -0.25) is 4.79 Å². The van der Waals surface area contributed by atoms with Crippen LogP contribution < -0.4 is 0 Å². The van der Waals surface area contributed by atoms with Crippen LogP contribution in [0.2, 0.25) is 4.34 Å². The Morgan fingerprint density at radius 2 is 2.19 bits per heavy atom. The van der Waals surface area contributed by atoms with Crippen molar-refractivity contribution >= 4 is 40.1 Å². The maximum atomic E-state index is 12.0. The van der Waals surface area contributed by atoms with Crippen molar-refractivity contribution in [2.75, 3.05) is 0 Å². The quantitative estimate of drug-likeness (QED) is 0.750. The predicted octanol–water partition coefficient (Wildman–Crippen LogP) is 4.45. The van der Waals surface area contributed by atoms with Crippen LogP contribution in [0.25, 0.3) is 0 Å². The molecule has 0 fully saturated rings. The van der Waals surface area contributed by atoms with Crippen LogP contribution in [0.3, 0.4) is 0 Å². The van der Waals surface area contributed by atoms with Gasteiger partial charge in [-0.05, 0) is 35.6 Å². The van der Waals surface area contributed by atoms with Gasteiger partial charge < -0.3 is 0 Å². The summed E-state index contributed by atoms with van der Waals surface area (Å²) in [6, 6.07) is 5.79.